The highest BCUT2D eigenvalue weighted by atomic mass is 16.3. The lowest BCUT2D eigenvalue weighted by Gasteiger charge is -2.30. The summed E-state index contributed by atoms with van der Waals surface area (Å²) in [6.45, 7) is 7.34. The quantitative estimate of drug-likeness (QED) is 0.750. The van der Waals surface area contributed by atoms with E-state index in [0.29, 0.717) is 0 Å². The Kier molecular flexibility index (Phi) is 7.41. The van der Waals surface area contributed by atoms with Crippen LogP contribution in [0.5, 0.6) is 0 Å². The Labute approximate surface area is 121 Å². The number of carbonyl (C=O) groups is 1. The minimum absolute atomic E-state index is 0.0510. The highest BCUT2D eigenvalue weighted by Gasteiger charge is 2.26. The Morgan fingerprint density at radius 3 is 2.65 bits per heavy atom. The summed E-state index contributed by atoms with van der Waals surface area (Å²) in [5, 5.41) is 9.56. The predicted molar refractivity (Wildman–Crippen MR) is 80.5 cm³/mol. The molecule has 1 aromatic heterocycles. The van der Waals surface area contributed by atoms with E-state index in [9.17, 15) is 9.90 Å². The van der Waals surface area contributed by atoms with Gasteiger partial charge in [-0.25, -0.2) is 0 Å². The van der Waals surface area contributed by atoms with E-state index in [4.69, 9.17) is 0 Å². The maximum absolute atomic E-state index is 12.2. The standard InChI is InChI=1S/C16H26N2O2/c1-4-9-18(15(12-19)16(20)13(2)3)10-7-14-6-5-8-17-11-14/h5-6,8,11,13,15,19H,4,7,9-10,12H2,1-3H3. The first-order chi connectivity index (χ1) is 9.60. The van der Waals surface area contributed by atoms with Crippen LogP contribution in [0, 0.1) is 5.92 Å². The van der Waals surface area contributed by atoms with Gasteiger partial charge in [0.2, 0.25) is 0 Å². The lowest BCUT2D eigenvalue weighted by Crippen LogP contribution is -2.46. The van der Waals surface area contributed by atoms with Crippen LogP contribution in [0.15, 0.2) is 24.5 Å². The van der Waals surface area contributed by atoms with Gasteiger partial charge in [0.05, 0.1) is 12.6 Å². The molecule has 0 bridgehead atoms. The van der Waals surface area contributed by atoms with Crippen LogP contribution in [0.25, 0.3) is 0 Å². The molecule has 1 atom stereocenters. The topological polar surface area (TPSA) is 53.4 Å². The highest BCUT2D eigenvalue weighted by molar-refractivity contribution is 5.85. The first-order valence-corrected chi connectivity index (χ1v) is 7.37. The molecule has 0 saturated carbocycles. The number of carbonyl (C=O) groups excluding carboxylic acids is 1. The zero-order valence-electron chi connectivity index (χ0n) is 12.7. The number of nitrogens with zero attached hydrogens (tertiary/aromatic N) is 2. The second kappa shape index (κ2) is 8.82. The molecule has 0 aliphatic rings. The molecule has 4 nitrogen and oxygen atoms in total. The summed E-state index contributed by atoms with van der Waals surface area (Å²) in [5.74, 6) is 0.0667. The van der Waals surface area contributed by atoms with Gasteiger partial charge in [0.15, 0.2) is 5.78 Å². The number of hydrogen-bond acceptors (Lipinski definition) is 4. The Morgan fingerprint density at radius 2 is 2.15 bits per heavy atom. The number of aromatic nitrogens is 1. The van der Waals surface area contributed by atoms with Crippen LogP contribution in [0.3, 0.4) is 0 Å². The molecule has 0 amide bonds. The molecule has 0 saturated heterocycles. The number of ketones is 1. The van der Waals surface area contributed by atoms with Crippen molar-refractivity contribution in [3.63, 3.8) is 0 Å². The summed E-state index contributed by atoms with van der Waals surface area (Å²) in [7, 11) is 0. The van der Waals surface area contributed by atoms with Crippen LogP contribution in [0.4, 0.5) is 0 Å². The molecule has 0 radical (unpaired) electrons. The van der Waals surface area contributed by atoms with Gasteiger partial charge >= 0.3 is 0 Å². The molecule has 4 heteroatoms. The highest BCUT2D eigenvalue weighted by Crippen LogP contribution is 2.10. The molecular weight excluding hydrogens is 252 g/mol. The monoisotopic (exact) mass is 278 g/mol. The second-order valence-electron chi connectivity index (χ2n) is 5.40. The third kappa shape index (κ3) is 5.02. The van der Waals surface area contributed by atoms with E-state index >= 15 is 0 Å². The molecule has 20 heavy (non-hydrogen) atoms. The minimum atomic E-state index is -0.383. The van der Waals surface area contributed by atoms with Crippen LogP contribution in [0.1, 0.15) is 32.8 Å². The Balaban J connectivity index is 2.69. The molecule has 0 aliphatic heterocycles. The number of hydrogen-bond donors (Lipinski definition) is 1. The summed E-state index contributed by atoms with van der Waals surface area (Å²) in [6.07, 6.45) is 5.42. The van der Waals surface area contributed by atoms with Gasteiger partial charge < -0.3 is 5.11 Å². The van der Waals surface area contributed by atoms with Gasteiger partial charge in [-0.1, -0.05) is 26.8 Å². The molecule has 0 aromatic carbocycles. The third-order valence-electron chi connectivity index (χ3n) is 3.43. The van der Waals surface area contributed by atoms with Crippen molar-refractivity contribution in [2.75, 3.05) is 19.7 Å². The van der Waals surface area contributed by atoms with Crippen molar-refractivity contribution < 1.29 is 9.90 Å². The second-order valence-corrected chi connectivity index (χ2v) is 5.40. The van der Waals surface area contributed by atoms with E-state index in [1.54, 1.807) is 6.20 Å². The summed E-state index contributed by atoms with van der Waals surface area (Å²) < 4.78 is 0. The van der Waals surface area contributed by atoms with E-state index in [1.165, 1.54) is 0 Å². The van der Waals surface area contributed by atoms with Crippen LogP contribution in [-0.4, -0.2) is 46.5 Å². The molecule has 1 heterocycles. The number of aliphatic hydroxyl groups excluding tert-OH is 1. The van der Waals surface area contributed by atoms with Crippen molar-refractivity contribution >= 4 is 5.78 Å². The maximum Gasteiger partial charge on any atom is 0.154 e. The fourth-order valence-electron chi connectivity index (χ4n) is 2.30. The average Bonchev–Trinajstić information content (AvgIpc) is 2.46. The average molecular weight is 278 g/mol. The molecule has 0 spiro atoms. The Bertz CT molecular complexity index is 393. The summed E-state index contributed by atoms with van der Waals surface area (Å²) >= 11 is 0. The molecule has 112 valence electrons. The molecule has 1 N–H and O–H groups in total. The van der Waals surface area contributed by atoms with Gasteiger partial charge in [-0.05, 0) is 31.0 Å². The molecular formula is C16H26N2O2. The summed E-state index contributed by atoms with van der Waals surface area (Å²) in [5.41, 5.74) is 1.15. The zero-order chi connectivity index (χ0) is 15.0. The molecule has 1 aromatic rings. The number of Topliss-reactive ketones (excluding diaryl/α,β-unsaturated/α-hetero) is 1. The fraction of sp³-hybridized carbons (Fsp3) is 0.625. The lowest BCUT2D eigenvalue weighted by atomic mass is 10.0. The van der Waals surface area contributed by atoms with Gasteiger partial charge in [0.25, 0.3) is 0 Å². The first kappa shape index (κ1) is 16.8. The number of rotatable bonds is 9. The van der Waals surface area contributed by atoms with Crippen LogP contribution in [0.2, 0.25) is 0 Å². The smallest absolute Gasteiger partial charge is 0.154 e. The van der Waals surface area contributed by atoms with Crippen LogP contribution in [-0.2, 0) is 11.2 Å². The van der Waals surface area contributed by atoms with Crippen molar-refractivity contribution in [1.29, 1.82) is 0 Å². The van der Waals surface area contributed by atoms with Gasteiger partial charge in [0, 0.05) is 24.9 Å². The Hall–Kier alpha value is -1.26. The van der Waals surface area contributed by atoms with Gasteiger partial charge in [-0.2, -0.15) is 0 Å². The number of aliphatic hydroxyl groups is 1. The molecule has 1 unspecified atom stereocenters. The lowest BCUT2D eigenvalue weighted by molar-refractivity contribution is -0.128. The summed E-state index contributed by atoms with van der Waals surface area (Å²) in [4.78, 5) is 18.4. The van der Waals surface area contributed by atoms with Crippen LogP contribution < -0.4 is 0 Å². The van der Waals surface area contributed by atoms with Gasteiger partial charge in [-0.3, -0.25) is 14.7 Å². The normalized spacial score (nSPS) is 12.9. The van der Waals surface area contributed by atoms with E-state index in [1.807, 2.05) is 32.2 Å². The van der Waals surface area contributed by atoms with E-state index in [2.05, 4.69) is 16.8 Å². The van der Waals surface area contributed by atoms with Gasteiger partial charge in [0.1, 0.15) is 0 Å². The predicted octanol–water partition coefficient (Wildman–Crippen LogP) is 1.92. The SMILES string of the molecule is CCCN(CCc1cccnc1)C(CO)C(=O)C(C)C. The Morgan fingerprint density at radius 1 is 1.40 bits per heavy atom. The van der Waals surface area contributed by atoms with Crippen molar-refractivity contribution in [1.82, 2.24) is 9.88 Å². The van der Waals surface area contributed by atoms with Crippen molar-refractivity contribution in [3.8, 4) is 0 Å². The number of pyridine rings is 1. The molecule has 0 aliphatic carbocycles. The van der Waals surface area contributed by atoms with E-state index in [-0.39, 0.29) is 24.3 Å². The molecule has 1 rings (SSSR count). The maximum atomic E-state index is 12.2. The minimum Gasteiger partial charge on any atom is -0.394 e. The van der Waals surface area contributed by atoms with Gasteiger partial charge in [-0.15, -0.1) is 0 Å². The van der Waals surface area contributed by atoms with Crippen molar-refractivity contribution in [3.05, 3.63) is 30.1 Å². The summed E-state index contributed by atoms with van der Waals surface area (Å²) in [6, 6.07) is 3.57. The largest absolute Gasteiger partial charge is 0.394 e. The van der Waals surface area contributed by atoms with E-state index < -0.39 is 0 Å². The van der Waals surface area contributed by atoms with E-state index in [0.717, 1.165) is 31.5 Å². The van der Waals surface area contributed by atoms with Crippen molar-refractivity contribution in [2.45, 2.75) is 39.7 Å². The third-order valence-corrected chi connectivity index (χ3v) is 3.43. The zero-order valence-corrected chi connectivity index (χ0v) is 12.7. The van der Waals surface area contributed by atoms with Crippen molar-refractivity contribution in [2.24, 2.45) is 5.92 Å². The molecule has 0 fully saturated rings. The van der Waals surface area contributed by atoms with Crippen LogP contribution >= 0.6 is 0 Å². The fourth-order valence-corrected chi connectivity index (χ4v) is 2.30. The first-order valence-electron chi connectivity index (χ1n) is 7.37.